The SMILES string of the molecule is O=[N+]([O-])C(/C=C(/Cl)[N+](=O)[O-])=C1NCCN1. The fourth-order valence-electron chi connectivity index (χ4n) is 1.00. The molecule has 0 saturated carbocycles. The Morgan fingerprint density at radius 1 is 1.27 bits per heavy atom. The van der Waals surface area contributed by atoms with Crippen molar-refractivity contribution in [3.63, 3.8) is 0 Å². The van der Waals surface area contributed by atoms with E-state index in [2.05, 4.69) is 10.6 Å². The van der Waals surface area contributed by atoms with Crippen molar-refractivity contribution in [1.29, 1.82) is 0 Å². The van der Waals surface area contributed by atoms with Crippen molar-refractivity contribution in [2.24, 2.45) is 0 Å². The van der Waals surface area contributed by atoms with Crippen LogP contribution in [0.2, 0.25) is 0 Å². The lowest BCUT2D eigenvalue weighted by Gasteiger charge is -1.98. The summed E-state index contributed by atoms with van der Waals surface area (Å²) in [5.74, 6) is 0.139. The molecule has 0 amide bonds. The molecule has 0 radical (unpaired) electrons. The van der Waals surface area contributed by atoms with Gasteiger partial charge in [-0.25, -0.2) is 0 Å². The Hall–Kier alpha value is -1.83. The van der Waals surface area contributed by atoms with Gasteiger partial charge in [0.15, 0.2) is 5.82 Å². The van der Waals surface area contributed by atoms with Crippen LogP contribution in [0.4, 0.5) is 0 Å². The minimum Gasteiger partial charge on any atom is -0.364 e. The number of halogens is 1. The molecule has 0 unspecified atom stereocenters. The third-order valence-electron chi connectivity index (χ3n) is 1.61. The average Bonchev–Trinajstić information content (AvgIpc) is 2.65. The van der Waals surface area contributed by atoms with E-state index in [4.69, 9.17) is 11.6 Å². The first-order chi connectivity index (χ1) is 7.02. The van der Waals surface area contributed by atoms with Gasteiger partial charge in [0, 0.05) is 13.1 Å². The second-order valence-corrected chi connectivity index (χ2v) is 2.98. The lowest BCUT2D eigenvalue weighted by molar-refractivity contribution is -0.428. The fourth-order valence-corrected chi connectivity index (χ4v) is 1.10. The van der Waals surface area contributed by atoms with E-state index in [1.807, 2.05) is 0 Å². The van der Waals surface area contributed by atoms with Crippen molar-refractivity contribution in [1.82, 2.24) is 10.6 Å². The zero-order chi connectivity index (χ0) is 11.4. The molecular weight excluding hydrogens is 228 g/mol. The summed E-state index contributed by atoms with van der Waals surface area (Å²) in [6, 6.07) is 0. The molecule has 0 aromatic rings. The smallest absolute Gasteiger partial charge is 0.344 e. The van der Waals surface area contributed by atoms with Crippen molar-refractivity contribution in [2.45, 2.75) is 0 Å². The number of hydrogen-bond donors (Lipinski definition) is 2. The first-order valence-electron chi connectivity index (χ1n) is 3.90. The van der Waals surface area contributed by atoms with Crippen LogP contribution < -0.4 is 10.6 Å². The Balaban J connectivity index is 3.04. The quantitative estimate of drug-likeness (QED) is 0.403. The van der Waals surface area contributed by atoms with E-state index < -0.39 is 20.7 Å². The maximum absolute atomic E-state index is 10.6. The number of allylic oxidation sites excluding steroid dienone is 1. The molecule has 15 heavy (non-hydrogen) atoms. The first kappa shape index (κ1) is 11.2. The van der Waals surface area contributed by atoms with Crippen LogP contribution in [-0.4, -0.2) is 22.9 Å². The monoisotopic (exact) mass is 234 g/mol. The van der Waals surface area contributed by atoms with Crippen molar-refractivity contribution in [2.75, 3.05) is 13.1 Å². The van der Waals surface area contributed by atoms with Gasteiger partial charge in [0.25, 0.3) is 0 Å². The van der Waals surface area contributed by atoms with Crippen molar-refractivity contribution < 1.29 is 9.85 Å². The summed E-state index contributed by atoms with van der Waals surface area (Å²) in [6.07, 6.45) is 0.697. The highest BCUT2D eigenvalue weighted by Gasteiger charge is 2.22. The van der Waals surface area contributed by atoms with Gasteiger partial charge < -0.3 is 10.6 Å². The van der Waals surface area contributed by atoms with E-state index in [0.717, 1.165) is 0 Å². The van der Waals surface area contributed by atoms with Gasteiger partial charge in [-0.1, -0.05) is 0 Å². The molecule has 0 aliphatic carbocycles. The van der Waals surface area contributed by atoms with Gasteiger partial charge >= 0.3 is 10.9 Å². The van der Waals surface area contributed by atoms with Gasteiger partial charge in [0.1, 0.15) is 6.08 Å². The minimum atomic E-state index is -0.902. The van der Waals surface area contributed by atoms with E-state index in [9.17, 15) is 20.2 Å². The molecule has 1 aliphatic heterocycles. The van der Waals surface area contributed by atoms with E-state index in [-0.39, 0.29) is 5.82 Å². The molecule has 1 rings (SSSR count). The van der Waals surface area contributed by atoms with Crippen LogP contribution in [0.25, 0.3) is 0 Å². The molecule has 0 bridgehead atoms. The number of nitrogens with one attached hydrogen (secondary N) is 2. The number of hydrogen-bond acceptors (Lipinski definition) is 6. The van der Waals surface area contributed by atoms with Crippen LogP contribution in [0.1, 0.15) is 0 Å². The standard InChI is InChI=1S/C6H7ClN4O4/c7-5(11(14)15)3-4(10(12)13)6-8-1-2-9-6/h3,8-9H,1-2H2/b5-3-. The highest BCUT2D eigenvalue weighted by atomic mass is 35.5. The van der Waals surface area contributed by atoms with Gasteiger partial charge in [-0.2, -0.15) is 0 Å². The second kappa shape index (κ2) is 4.60. The van der Waals surface area contributed by atoms with E-state index in [1.54, 1.807) is 0 Å². The molecule has 0 aromatic heterocycles. The van der Waals surface area contributed by atoms with Crippen LogP contribution in [0.5, 0.6) is 0 Å². The molecular formula is C6H7ClN4O4. The van der Waals surface area contributed by atoms with Crippen LogP contribution >= 0.6 is 11.6 Å². The van der Waals surface area contributed by atoms with E-state index >= 15 is 0 Å². The van der Waals surface area contributed by atoms with Gasteiger partial charge in [-0.05, 0) is 11.6 Å². The molecule has 0 aromatic carbocycles. The Morgan fingerprint density at radius 2 is 1.80 bits per heavy atom. The number of rotatable bonds is 3. The summed E-state index contributed by atoms with van der Waals surface area (Å²) in [5, 5.41) is 25.3. The van der Waals surface area contributed by atoms with Crippen molar-refractivity contribution >= 4 is 11.6 Å². The average molecular weight is 235 g/mol. The molecule has 1 aliphatic rings. The Kier molecular flexibility index (Phi) is 3.45. The first-order valence-corrected chi connectivity index (χ1v) is 4.28. The van der Waals surface area contributed by atoms with Crippen molar-refractivity contribution in [3.8, 4) is 0 Å². The predicted octanol–water partition coefficient (Wildman–Crippen LogP) is -0.0181. The van der Waals surface area contributed by atoms with Crippen molar-refractivity contribution in [3.05, 3.63) is 43.0 Å². The van der Waals surface area contributed by atoms with Crippen LogP contribution in [0.15, 0.2) is 22.8 Å². The molecule has 8 nitrogen and oxygen atoms in total. The molecule has 2 N–H and O–H groups in total. The molecule has 9 heteroatoms. The summed E-state index contributed by atoms with van der Waals surface area (Å²) < 4.78 is 0. The topological polar surface area (TPSA) is 110 Å². The third kappa shape index (κ3) is 2.81. The summed E-state index contributed by atoms with van der Waals surface area (Å²) in [6.45, 7) is 1.05. The van der Waals surface area contributed by atoms with Crippen LogP contribution in [0.3, 0.4) is 0 Å². The summed E-state index contributed by atoms with van der Waals surface area (Å²) in [4.78, 5) is 19.1. The number of nitro groups is 2. The normalized spacial score (nSPS) is 15.5. The zero-order valence-corrected chi connectivity index (χ0v) is 8.15. The van der Waals surface area contributed by atoms with Crippen LogP contribution in [0, 0.1) is 20.2 Å². The highest BCUT2D eigenvalue weighted by molar-refractivity contribution is 6.28. The zero-order valence-electron chi connectivity index (χ0n) is 7.40. The molecule has 1 saturated heterocycles. The molecule has 0 spiro atoms. The summed E-state index contributed by atoms with van der Waals surface area (Å²) in [7, 11) is 0. The molecule has 0 atom stereocenters. The molecule has 82 valence electrons. The summed E-state index contributed by atoms with van der Waals surface area (Å²) in [5.41, 5.74) is -0.450. The Morgan fingerprint density at radius 3 is 2.20 bits per heavy atom. The fraction of sp³-hybridized carbons (Fsp3) is 0.333. The lowest BCUT2D eigenvalue weighted by Crippen LogP contribution is -2.17. The lowest BCUT2D eigenvalue weighted by atomic mass is 10.4. The van der Waals surface area contributed by atoms with Crippen LogP contribution in [-0.2, 0) is 0 Å². The minimum absolute atomic E-state index is 0.139. The van der Waals surface area contributed by atoms with Gasteiger partial charge in [-0.3, -0.25) is 20.2 Å². The van der Waals surface area contributed by atoms with Gasteiger partial charge in [0.05, 0.1) is 9.85 Å². The largest absolute Gasteiger partial charge is 0.364 e. The second-order valence-electron chi connectivity index (χ2n) is 2.60. The van der Waals surface area contributed by atoms with Gasteiger partial charge in [0.2, 0.25) is 0 Å². The summed E-state index contributed by atoms with van der Waals surface area (Å²) >= 11 is 5.20. The maximum atomic E-state index is 10.6. The number of nitrogens with zero attached hydrogens (tertiary/aromatic N) is 2. The third-order valence-corrected chi connectivity index (χ3v) is 1.86. The maximum Gasteiger partial charge on any atom is 0.344 e. The van der Waals surface area contributed by atoms with Gasteiger partial charge in [-0.15, -0.1) is 0 Å². The van der Waals surface area contributed by atoms with E-state index in [1.165, 1.54) is 0 Å². The highest BCUT2D eigenvalue weighted by Crippen LogP contribution is 2.11. The molecule has 1 fully saturated rings. The Labute approximate surface area is 88.9 Å². The van der Waals surface area contributed by atoms with E-state index in [0.29, 0.717) is 19.2 Å². The Bertz CT molecular complexity index is 356. The molecule has 1 heterocycles. The predicted molar refractivity (Wildman–Crippen MR) is 51.0 cm³/mol.